The molecular formula is C19H29FN2O2. The number of hydrogen-bond acceptors (Lipinski definition) is 3. The summed E-state index contributed by atoms with van der Waals surface area (Å²) in [5.74, 6) is 0.857. The first-order chi connectivity index (χ1) is 11.5. The minimum atomic E-state index is -0.218. The van der Waals surface area contributed by atoms with Gasteiger partial charge in [-0.05, 0) is 36.5 Å². The molecule has 0 unspecified atom stereocenters. The van der Waals surface area contributed by atoms with E-state index in [1.54, 1.807) is 13.2 Å². The number of halogens is 1. The van der Waals surface area contributed by atoms with Crippen molar-refractivity contribution in [3.8, 4) is 5.75 Å². The van der Waals surface area contributed by atoms with E-state index < -0.39 is 0 Å². The normalized spacial score (nSPS) is 15.8. The molecule has 0 radical (unpaired) electrons. The van der Waals surface area contributed by atoms with Crippen molar-refractivity contribution >= 4 is 5.91 Å². The summed E-state index contributed by atoms with van der Waals surface area (Å²) in [6.07, 6.45) is 2.36. The monoisotopic (exact) mass is 336 g/mol. The van der Waals surface area contributed by atoms with Crippen LogP contribution in [0.1, 0.15) is 57.1 Å². The van der Waals surface area contributed by atoms with E-state index in [2.05, 4.69) is 5.32 Å². The van der Waals surface area contributed by atoms with Crippen LogP contribution in [-0.2, 0) is 11.3 Å². The van der Waals surface area contributed by atoms with Gasteiger partial charge in [0.1, 0.15) is 11.6 Å². The van der Waals surface area contributed by atoms with Crippen molar-refractivity contribution in [3.05, 3.63) is 29.1 Å². The molecule has 1 aliphatic heterocycles. The van der Waals surface area contributed by atoms with Gasteiger partial charge in [0.2, 0.25) is 5.91 Å². The van der Waals surface area contributed by atoms with Gasteiger partial charge in [-0.3, -0.25) is 4.79 Å². The molecule has 5 heteroatoms. The number of amides is 1. The minimum Gasteiger partial charge on any atom is -0.496 e. The number of rotatable bonds is 6. The highest BCUT2D eigenvalue weighted by Crippen LogP contribution is 2.28. The SMILES string of the molecule is CCC(=O)N1CCC(NCc2c(F)cc(C(C)C)cc2OC)CC1. The number of benzene rings is 1. The molecule has 1 fully saturated rings. The molecule has 1 saturated heterocycles. The third-order valence-corrected chi connectivity index (χ3v) is 4.78. The first-order valence-corrected chi connectivity index (χ1v) is 8.83. The lowest BCUT2D eigenvalue weighted by Gasteiger charge is -2.32. The molecule has 0 atom stereocenters. The van der Waals surface area contributed by atoms with Crippen molar-refractivity contribution in [3.63, 3.8) is 0 Å². The van der Waals surface area contributed by atoms with E-state index >= 15 is 0 Å². The number of likely N-dealkylation sites (tertiary alicyclic amines) is 1. The number of methoxy groups -OCH3 is 1. The first-order valence-electron chi connectivity index (χ1n) is 8.83. The maximum Gasteiger partial charge on any atom is 0.222 e. The molecule has 134 valence electrons. The second-order valence-corrected chi connectivity index (χ2v) is 6.73. The Morgan fingerprint density at radius 1 is 1.38 bits per heavy atom. The van der Waals surface area contributed by atoms with Crippen LogP contribution in [0.15, 0.2) is 12.1 Å². The highest BCUT2D eigenvalue weighted by Gasteiger charge is 2.22. The molecule has 1 amide bonds. The van der Waals surface area contributed by atoms with Gasteiger partial charge < -0.3 is 15.0 Å². The maximum atomic E-state index is 14.5. The van der Waals surface area contributed by atoms with Crippen LogP contribution < -0.4 is 10.1 Å². The van der Waals surface area contributed by atoms with Crippen molar-refractivity contribution in [2.45, 2.75) is 58.5 Å². The summed E-state index contributed by atoms with van der Waals surface area (Å²) in [5.41, 5.74) is 1.52. The Morgan fingerprint density at radius 3 is 2.58 bits per heavy atom. The number of carbonyl (C=O) groups excluding carboxylic acids is 1. The van der Waals surface area contributed by atoms with Crippen molar-refractivity contribution in [2.24, 2.45) is 0 Å². The molecule has 1 N–H and O–H groups in total. The van der Waals surface area contributed by atoms with Crippen molar-refractivity contribution in [1.29, 1.82) is 0 Å². The van der Waals surface area contributed by atoms with Crippen LogP contribution in [0.2, 0.25) is 0 Å². The van der Waals surface area contributed by atoms with Crippen LogP contribution >= 0.6 is 0 Å². The zero-order valence-electron chi connectivity index (χ0n) is 15.2. The second-order valence-electron chi connectivity index (χ2n) is 6.73. The van der Waals surface area contributed by atoms with Crippen LogP contribution in [0, 0.1) is 5.82 Å². The van der Waals surface area contributed by atoms with E-state index in [9.17, 15) is 9.18 Å². The molecule has 1 aliphatic rings. The van der Waals surface area contributed by atoms with E-state index in [1.165, 1.54) is 0 Å². The first kappa shape index (κ1) is 18.7. The molecule has 0 bridgehead atoms. The third kappa shape index (κ3) is 4.47. The molecule has 0 saturated carbocycles. The summed E-state index contributed by atoms with van der Waals surface area (Å²) in [5, 5.41) is 3.42. The van der Waals surface area contributed by atoms with E-state index in [0.717, 1.165) is 31.5 Å². The molecule has 4 nitrogen and oxygen atoms in total. The Bertz CT molecular complexity index is 567. The van der Waals surface area contributed by atoms with Gasteiger partial charge in [-0.1, -0.05) is 20.8 Å². The lowest BCUT2D eigenvalue weighted by molar-refractivity contribution is -0.131. The zero-order valence-corrected chi connectivity index (χ0v) is 15.2. The van der Waals surface area contributed by atoms with Crippen LogP contribution in [-0.4, -0.2) is 37.0 Å². The van der Waals surface area contributed by atoms with Crippen LogP contribution in [0.25, 0.3) is 0 Å². The largest absolute Gasteiger partial charge is 0.496 e. The van der Waals surface area contributed by atoms with E-state index in [4.69, 9.17) is 4.74 Å². The topological polar surface area (TPSA) is 41.6 Å². The predicted molar refractivity (Wildman–Crippen MR) is 93.8 cm³/mol. The molecular weight excluding hydrogens is 307 g/mol. The summed E-state index contributed by atoms with van der Waals surface area (Å²) < 4.78 is 19.8. The Balaban J connectivity index is 1.96. The lowest BCUT2D eigenvalue weighted by atomic mass is 9.99. The molecule has 0 aromatic heterocycles. The number of nitrogens with one attached hydrogen (secondary N) is 1. The number of carbonyl (C=O) groups is 1. The average molecular weight is 336 g/mol. The van der Waals surface area contributed by atoms with Gasteiger partial charge in [-0.15, -0.1) is 0 Å². The average Bonchev–Trinajstić information content (AvgIpc) is 2.59. The maximum absolute atomic E-state index is 14.5. The van der Waals surface area contributed by atoms with Gasteiger partial charge >= 0.3 is 0 Å². The number of hydrogen-bond donors (Lipinski definition) is 1. The lowest BCUT2D eigenvalue weighted by Crippen LogP contribution is -2.44. The van der Waals surface area contributed by atoms with E-state index in [0.29, 0.717) is 30.3 Å². The van der Waals surface area contributed by atoms with Gasteiger partial charge in [0.15, 0.2) is 0 Å². The number of nitrogens with zero attached hydrogens (tertiary/aromatic N) is 1. The van der Waals surface area contributed by atoms with Gasteiger partial charge in [-0.25, -0.2) is 4.39 Å². The fourth-order valence-corrected chi connectivity index (χ4v) is 3.12. The Kier molecular flexibility index (Phi) is 6.60. The van der Waals surface area contributed by atoms with Gasteiger partial charge in [0.05, 0.1) is 7.11 Å². The highest BCUT2D eigenvalue weighted by atomic mass is 19.1. The van der Waals surface area contributed by atoms with Gasteiger partial charge in [-0.2, -0.15) is 0 Å². The Labute approximate surface area is 144 Å². The third-order valence-electron chi connectivity index (χ3n) is 4.78. The minimum absolute atomic E-state index is 0.213. The Morgan fingerprint density at radius 2 is 2.04 bits per heavy atom. The molecule has 1 aromatic rings. The summed E-state index contributed by atoms with van der Waals surface area (Å²) in [6, 6.07) is 3.83. The smallest absolute Gasteiger partial charge is 0.222 e. The van der Waals surface area contributed by atoms with Crippen molar-refractivity contribution < 1.29 is 13.9 Å². The molecule has 2 rings (SSSR count). The molecule has 0 spiro atoms. The van der Waals surface area contributed by atoms with Crippen LogP contribution in [0.4, 0.5) is 4.39 Å². The summed E-state index contributed by atoms with van der Waals surface area (Å²) in [7, 11) is 1.58. The second kappa shape index (κ2) is 8.47. The molecule has 1 aromatic carbocycles. The summed E-state index contributed by atoms with van der Waals surface area (Å²) in [6.45, 7) is 7.96. The van der Waals surface area contributed by atoms with Crippen molar-refractivity contribution in [2.75, 3.05) is 20.2 Å². The Hall–Kier alpha value is -1.62. The van der Waals surface area contributed by atoms with Crippen LogP contribution in [0.3, 0.4) is 0 Å². The zero-order chi connectivity index (χ0) is 17.7. The van der Waals surface area contributed by atoms with Gasteiger partial charge in [0.25, 0.3) is 0 Å². The quantitative estimate of drug-likeness (QED) is 0.865. The number of ether oxygens (including phenoxy) is 1. The molecule has 0 aliphatic carbocycles. The van der Waals surface area contributed by atoms with E-state index in [-0.39, 0.29) is 17.6 Å². The highest BCUT2D eigenvalue weighted by molar-refractivity contribution is 5.75. The fraction of sp³-hybridized carbons (Fsp3) is 0.632. The molecule has 24 heavy (non-hydrogen) atoms. The molecule has 1 heterocycles. The standard InChI is InChI=1S/C19H29FN2O2/c1-5-19(23)22-8-6-15(7-9-22)21-12-16-17(20)10-14(13(2)3)11-18(16)24-4/h10-11,13,15,21H,5-9,12H2,1-4H3. The van der Waals surface area contributed by atoms with Crippen LogP contribution in [0.5, 0.6) is 5.75 Å². The number of piperidine rings is 1. The van der Waals surface area contributed by atoms with Gasteiger partial charge in [0, 0.05) is 37.7 Å². The fourth-order valence-electron chi connectivity index (χ4n) is 3.12. The van der Waals surface area contributed by atoms with E-state index in [1.807, 2.05) is 31.7 Å². The van der Waals surface area contributed by atoms with Crippen molar-refractivity contribution in [1.82, 2.24) is 10.2 Å². The summed E-state index contributed by atoms with van der Waals surface area (Å²) >= 11 is 0. The predicted octanol–water partition coefficient (Wildman–Crippen LogP) is 3.45. The summed E-state index contributed by atoms with van der Waals surface area (Å²) in [4.78, 5) is 13.6.